The number of aliphatic hydroxyl groups is 1. The van der Waals surface area contributed by atoms with Gasteiger partial charge in [0.25, 0.3) is 0 Å². The van der Waals surface area contributed by atoms with Crippen molar-refractivity contribution in [1.29, 1.82) is 0 Å². The molecule has 2 unspecified atom stereocenters. The largest absolute Gasteiger partial charge is 0.395 e. The minimum absolute atomic E-state index is 0.0467. The Bertz CT molecular complexity index is 145. The molecule has 0 fully saturated rings. The Morgan fingerprint density at radius 2 is 2.07 bits per heavy atom. The smallest absolute Gasteiger partial charge is 0.0601 e. The van der Waals surface area contributed by atoms with Crippen LogP contribution in [0.4, 0.5) is 0 Å². The van der Waals surface area contributed by atoms with Crippen molar-refractivity contribution >= 4 is 0 Å². The predicted octanol–water partition coefficient (Wildman–Crippen LogP) is 0.443. The highest BCUT2D eigenvalue weighted by molar-refractivity contribution is 4.79. The van der Waals surface area contributed by atoms with E-state index in [1.807, 2.05) is 14.0 Å². The molecule has 0 aromatic rings. The molecule has 0 spiro atoms. The van der Waals surface area contributed by atoms with Crippen molar-refractivity contribution in [3.05, 3.63) is 0 Å². The van der Waals surface area contributed by atoms with Crippen LogP contribution in [0.25, 0.3) is 0 Å². The molecule has 2 atom stereocenters. The normalized spacial score (nSPS) is 15.6. The summed E-state index contributed by atoms with van der Waals surface area (Å²) >= 11 is 0. The standard InChI is InChI=1S/C11H26N2O2/c1-4-6-10(12)11(9-14)13(3)7-8-15-5-2/h10-11,14H,4-9,12H2,1-3H3. The van der Waals surface area contributed by atoms with Crippen LogP contribution < -0.4 is 5.73 Å². The molecule has 0 bridgehead atoms. The van der Waals surface area contributed by atoms with Crippen LogP contribution in [-0.4, -0.2) is 55.5 Å². The molecule has 0 radical (unpaired) electrons. The van der Waals surface area contributed by atoms with Crippen LogP contribution in [-0.2, 0) is 4.74 Å². The first-order valence-corrected chi connectivity index (χ1v) is 5.81. The van der Waals surface area contributed by atoms with Gasteiger partial charge in [-0.1, -0.05) is 13.3 Å². The van der Waals surface area contributed by atoms with E-state index in [2.05, 4.69) is 11.8 Å². The summed E-state index contributed by atoms with van der Waals surface area (Å²) < 4.78 is 5.27. The molecule has 3 N–H and O–H groups in total. The minimum Gasteiger partial charge on any atom is -0.395 e. The van der Waals surface area contributed by atoms with Gasteiger partial charge in [0.05, 0.1) is 13.2 Å². The lowest BCUT2D eigenvalue weighted by atomic mass is 10.0. The molecule has 15 heavy (non-hydrogen) atoms. The van der Waals surface area contributed by atoms with E-state index in [9.17, 15) is 5.11 Å². The van der Waals surface area contributed by atoms with Crippen molar-refractivity contribution in [3.63, 3.8) is 0 Å². The second-order valence-corrected chi connectivity index (χ2v) is 3.88. The third-order valence-corrected chi connectivity index (χ3v) is 2.66. The van der Waals surface area contributed by atoms with E-state index in [1.54, 1.807) is 0 Å². The van der Waals surface area contributed by atoms with Crippen LogP contribution in [0, 0.1) is 0 Å². The van der Waals surface area contributed by atoms with Gasteiger partial charge in [0.2, 0.25) is 0 Å². The van der Waals surface area contributed by atoms with Gasteiger partial charge in [0.15, 0.2) is 0 Å². The lowest BCUT2D eigenvalue weighted by Crippen LogP contribution is -2.49. The zero-order valence-electron chi connectivity index (χ0n) is 10.3. The van der Waals surface area contributed by atoms with Crippen molar-refractivity contribution in [2.75, 3.05) is 33.4 Å². The molecular weight excluding hydrogens is 192 g/mol. The summed E-state index contributed by atoms with van der Waals surface area (Å²) in [4.78, 5) is 2.08. The number of likely N-dealkylation sites (N-methyl/N-ethyl adjacent to an activating group) is 1. The molecule has 0 aromatic carbocycles. The summed E-state index contributed by atoms with van der Waals surface area (Å²) in [5.74, 6) is 0. The quantitative estimate of drug-likeness (QED) is 0.551. The number of nitrogens with two attached hydrogens (primary N) is 1. The highest BCUT2D eigenvalue weighted by atomic mass is 16.5. The zero-order valence-corrected chi connectivity index (χ0v) is 10.3. The van der Waals surface area contributed by atoms with Crippen LogP contribution in [0.2, 0.25) is 0 Å². The Kier molecular flexibility index (Phi) is 9.00. The topological polar surface area (TPSA) is 58.7 Å². The zero-order chi connectivity index (χ0) is 11.7. The summed E-state index contributed by atoms with van der Waals surface area (Å²) in [6.07, 6.45) is 2.00. The van der Waals surface area contributed by atoms with Gasteiger partial charge < -0.3 is 15.6 Å². The fraction of sp³-hybridized carbons (Fsp3) is 1.00. The second kappa shape index (κ2) is 9.09. The maximum absolute atomic E-state index is 9.29. The first kappa shape index (κ1) is 14.8. The van der Waals surface area contributed by atoms with E-state index < -0.39 is 0 Å². The van der Waals surface area contributed by atoms with Gasteiger partial charge in [-0.3, -0.25) is 4.90 Å². The SMILES string of the molecule is CCCC(N)C(CO)N(C)CCOCC. The molecule has 0 aromatic heterocycles. The van der Waals surface area contributed by atoms with Crippen LogP contribution in [0.5, 0.6) is 0 Å². The van der Waals surface area contributed by atoms with Crippen molar-refractivity contribution in [1.82, 2.24) is 4.90 Å². The van der Waals surface area contributed by atoms with E-state index >= 15 is 0 Å². The van der Waals surface area contributed by atoms with Crippen molar-refractivity contribution in [2.45, 2.75) is 38.8 Å². The first-order chi connectivity index (χ1) is 7.17. The number of aliphatic hydroxyl groups excluding tert-OH is 1. The monoisotopic (exact) mass is 218 g/mol. The predicted molar refractivity (Wildman–Crippen MR) is 62.9 cm³/mol. The Morgan fingerprint density at radius 1 is 1.40 bits per heavy atom. The van der Waals surface area contributed by atoms with Crippen molar-refractivity contribution in [3.8, 4) is 0 Å². The molecular formula is C11H26N2O2. The van der Waals surface area contributed by atoms with Crippen LogP contribution >= 0.6 is 0 Å². The molecule has 92 valence electrons. The van der Waals surface area contributed by atoms with Crippen LogP contribution in [0.1, 0.15) is 26.7 Å². The molecule has 0 aliphatic heterocycles. The maximum Gasteiger partial charge on any atom is 0.0601 e. The Balaban J connectivity index is 3.91. The molecule has 0 rings (SSSR count). The number of hydrogen-bond donors (Lipinski definition) is 2. The van der Waals surface area contributed by atoms with Gasteiger partial charge in [0, 0.05) is 25.2 Å². The van der Waals surface area contributed by atoms with E-state index in [0.717, 1.165) is 26.0 Å². The highest BCUT2D eigenvalue weighted by Crippen LogP contribution is 2.05. The van der Waals surface area contributed by atoms with Crippen LogP contribution in [0.15, 0.2) is 0 Å². The minimum atomic E-state index is 0.0467. The number of hydrogen-bond acceptors (Lipinski definition) is 4. The summed E-state index contributed by atoms with van der Waals surface area (Å²) in [6, 6.07) is 0.0945. The molecule has 0 saturated heterocycles. The lowest BCUT2D eigenvalue weighted by molar-refractivity contribution is 0.0765. The number of nitrogens with zero attached hydrogens (tertiary/aromatic N) is 1. The van der Waals surface area contributed by atoms with E-state index in [4.69, 9.17) is 10.5 Å². The van der Waals surface area contributed by atoms with Crippen molar-refractivity contribution < 1.29 is 9.84 Å². The van der Waals surface area contributed by atoms with Crippen LogP contribution in [0.3, 0.4) is 0 Å². The van der Waals surface area contributed by atoms with Crippen molar-refractivity contribution in [2.24, 2.45) is 5.73 Å². The summed E-state index contributed by atoms with van der Waals surface area (Å²) in [6.45, 7) is 6.45. The first-order valence-electron chi connectivity index (χ1n) is 5.81. The summed E-state index contributed by atoms with van der Waals surface area (Å²) in [5, 5.41) is 9.29. The molecule has 0 aliphatic carbocycles. The van der Waals surface area contributed by atoms with E-state index in [0.29, 0.717) is 6.61 Å². The van der Waals surface area contributed by atoms with Gasteiger partial charge in [-0.2, -0.15) is 0 Å². The van der Waals surface area contributed by atoms with Gasteiger partial charge in [0.1, 0.15) is 0 Å². The average Bonchev–Trinajstić information content (AvgIpc) is 2.19. The molecule has 4 nitrogen and oxygen atoms in total. The third-order valence-electron chi connectivity index (χ3n) is 2.66. The Hall–Kier alpha value is -0.160. The molecule has 0 amide bonds. The summed E-state index contributed by atoms with van der Waals surface area (Å²) in [5.41, 5.74) is 6.00. The Labute approximate surface area is 93.4 Å². The fourth-order valence-electron chi connectivity index (χ4n) is 1.65. The van der Waals surface area contributed by atoms with E-state index in [1.165, 1.54) is 0 Å². The Morgan fingerprint density at radius 3 is 2.53 bits per heavy atom. The average molecular weight is 218 g/mol. The van der Waals surface area contributed by atoms with E-state index in [-0.39, 0.29) is 18.7 Å². The maximum atomic E-state index is 9.29. The number of rotatable bonds is 9. The molecule has 0 heterocycles. The molecule has 0 saturated carbocycles. The molecule has 0 aliphatic rings. The lowest BCUT2D eigenvalue weighted by Gasteiger charge is -2.31. The second-order valence-electron chi connectivity index (χ2n) is 3.88. The summed E-state index contributed by atoms with van der Waals surface area (Å²) in [7, 11) is 1.98. The van der Waals surface area contributed by atoms with Gasteiger partial charge in [-0.15, -0.1) is 0 Å². The molecule has 4 heteroatoms. The van der Waals surface area contributed by atoms with Gasteiger partial charge in [-0.25, -0.2) is 0 Å². The third kappa shape index (κ3) is 6.10. The highest BCUT2D eigenvalue weighted by Gasteiger charge is 2.20. The fourth-order valence-corrected chi connectivity index (χ4v) is 1.65. The number of ether oxygens (including phenoxy) is 1. The van der Waals surface area contributed by atoms with Gasteiger partial charge >= 0.3 is 0 Å². The van der Waals surface area contributed by atoms with Gasteiger partial charge in [-0.05, 0) is 20.4 Å².